The van der Waals surface area contributed by atoms with Crippen LogP contribution in [-0.4, -0.2) is 22.2 Å². The molecule has 152 valence electrons. The van der Waals surface area contributed by atoms with Crippen molar-refractivity contribution < 1.29 is 9.53 Å². The largest absolute Gasteiger partial charge is 0.457 e. The van der Waals surface area contributed by atoms with Crippen molar-refractivity contribution in [3.05, 3.63) is 100 Å². The van der Waals surface area contributed by atoms with Gasteiger partial charge < -0.3 is 10.1 Å². The molecule has 0 saturated carbocycles. The highest BCUT2D eigenvalue weighted by atomic mass is 32.1. The molecule has 1 unspecified atom stereocenters. The van der Waals surface area contributed by atoms with Crippen LogP contribution in [0.5, 0.6) is 11.5 Å². The number of rotatable bonds is 7. The minimum Gasteiger partial charge on any atom is -0.457 e. The Morgan fingerprint density at radius 2 is 1.83 bits per heavy atom. The Labute approximate surface area is 179 Å². The van der Waals surface area contributed by atoms with Crippen LogP contribution in [0.4, 0.5) is 0 Å². The number of aromatic nitrogens is 2. The van der Waals surface area contributed by atoms with E-state index in [1.165, 1.54) is 0 Å². The van der Waals surface area contributed by atoms with Crippen molar-refractivity contribution in [1.29, 1.82) is 0 Å². The average Bonchev–Trinajstić information content (AvgIpc) is 3.39. The minimum atomic E-state index is -0.176. The lowest BCUT2D eigenvalue weighted by molar-refractivity contribution is 0.0947. The molecule has 4 rings (SSSR count). The second kappa shape index (κ2) is 8.97. The van der Waals surface area contributed by atoms with Gasteiger partial charge in [-0.3, -0.25) is 9.48 Å². The van der Waals surface area contributed by atoms with Crippen LogP contribution in [0, 0.1) is 13.8 Å². The number of para-hydroxylation sites is 2. The number of benzene rings is 2. The number of carbonyl (C=O) groups is 1. The van der Waals surface area contributed by atoms with Gasteiger partial charge in [-0.05, 0) is 55.6 Å². The smallest absolute Gasteiger partial charge is 0.255 e. The van der Waals surface area contributed by atoms with Gasteiger partial charge in [0.1, 0.15) is 17.5 Å². The predicted molar refractivity (Wildman–Crippen MR) is 119 cm³/mol. The molecule has 2 aromatic heterocycles. The zero-order chi connectivity index (χ0) is 20.9. The topological polar surface area (TPSA) is 56.2 Å². The molecule has 4 aromatic rings. The molecule has 1 N–H and O–H groups in total. The molecular formula is C24H23N3O2S. The third-order valence-corrected chi connectivity index (χ3v) is 5.74. The first-order valence-corrected chi connectivity index (χ1v) is 10.7. The van der Waals surface area contributed by atoms with Gasteiger partial charge in [-0.15, -0.1) is 11.3 Å². The van der Waals surface area contributed by atoms with E-state index in [4.69, 9.17) is 4.74 Å². The predicted octanol–water partition coefficient (Wildman–Crippen LogP) is 5.37. The molecule has 0 radical (unpaired) electrons. The lowest BCUT2D eigenvalue weighted by atomic mass is 10.1. The van der Waals surface area contributed by atoms with Gasteiger partial charge in [0.05, 0.1) is 11.3 Å². The van der Waals surface area contributed by atoms with Crippen molar-refractivity contribution in [2.24, 2.45) is 0 Å². The van der Waals surface area contributed by atoms with E-state index < -0.39 is 0 Å². The van der Waals surface area contributed by atoms with Crippen LogP contribution in [0.25, 0.3) is 0 Å². The zero-order valence-corrected chi connectivity index (χ0v) is 17.7. The maximum absolute atomic E-state index is 13.0. The van der Waals surface area contributed by atoms with Crippen molar-refractivity contribution in [3.63, 3.8) is 0 Å². The highest BCUT2D eigenvalue weighted by Crippen LogP contribution is 2.27. The fourth-order valence-electron chi connectivity index (χ4n) is 3.39. The standard InChI is InChI=1S/C24H23N3O2S/c1-17-15-18(2)27(26-17)21(23-13-8-14-30-23)16-25-24(28)20-11-6-7-12-22(20)29-19-9-4-3-5-10-19/h3-15,21H,16H2,1-2H3,(H,25,28). The summed E-state index contributed by atoms with van der Waals surface area (Å²) in [7, 11) is 0. The van der Waals surface area contributed by atoms with E-state index in [1.807, 2.05) is 78.5 Å². The summed E-state index contributed by atoms with van der Waals surface area (Å²) < 4.78 is 7.92. The molecule has 1 atom stereocenters. The van der Waals surface area contributed by atoms with E-state index in [2.05, 4.69) is 16.5 Å². The number of carbonyl (C=O) groups excluding carboxylic acids is 1. The first kappa shape index (κ1) is 19.9. The molecule has 0 aliphatic heterocycles. The number of hydrogen-bond acceptors (Lipinski definition) is 4. The lowest BCUT2D eigenvalue weighted by Gasteiger charge is -2.19. The quantitative estimate of drug-likeness (QED) is 0.440. The third-order valence-electron chi connectivity index (χ3n) is 4.77. The first-order chi connectivity index (χ1) is 14.6. The van der Waals surface area contributed by atoms with E-state index >= 15 is 0 Å². The number of hydrogen-bond donors (Lipinski definition) is 1. The Hall–Kier alpha value is -3.38. The summed E-state index contributed by atoms with van der Waals surface area (Å²) in [6.45, 7) is 4.44. The molecule has 2 heterocycles. The molecule has 5 nitrogen and oxygen atoms in total. The molecule has 0 saturated heterocycles. The number of ether oxygens (including phenoxy) is 1. The summed E-state index contributed by atoms with van der Waals surface area (Å²) in [4.78, 5) is 14.2. The maximum Gasteiger partial charge on any atom is 0.255 e. The van der Waals surface area contributed by atoms with E-state index in [-0.39, 0.29) is 11.9 Å². The molecule has 1 amide bonds. The molecule has 0 bridgehead atoms. The summed E-state index contributed by atoms with van der Waals surface area (Å²) in [5.41, 5.74) is 2.52. The van der Waals surface area contributed by atoms with E-state index in [9.17, 15) is 4.79 Å². The summed E-state index contributed by atoms with van der Waals surface area (Å²) in [5, 5.41) is 9.75. The van der Waals surface area contributed by atoms with Gasteiger partial charge in [-0.2, -0.15) is 5.10 Å². The molecule has 0 spiro atoms. The van der Waals surface area contributed by atoms with Gasteiger partial charge in [0.25, 0.3) is 5.91 Å². The number of aryl methyl sites for hydroxylation is 2. The monoisotopic (exact) mass is 417 g/mol. The Morgan fingerprint density at radius 1 is 1.07 bits per heavy atom. The van der Waals surface area contributed by atoms with Gasteiger partial charge in [0.15, 0.2) is 0 Å². The Morgan fingerprint density at radius 3 is 2.53 bits per heavy atom. The summed E-state index contributed by atoms with van der Waals surface area (Å²) in [5.74, 6) is 1.04. The molecule has 0 aliphatic rings. The SMILES string of the molecule is Cc1cc(C)n(C(CNC(=O)c2ccccc2Oc2ccccc2)c2cccs2)n1. The Bertz CT molecular complexity index is 1120. The summed E-state index contributed by atoms with van der Waals surface area (Å²) >= 11 is 1.66. The number of thiophene rings is 1. The lowest BCUT2D eigenvalue weighted by Crippen LogP contribution is -2.32. The van der Waals surface area contributed by atoms with E-state index in [0.717, 1.165) is 16.3 Å². The van der Waals surface area contributed by atoms with Crippen LogP contribution in [0.3, 0.4) is 0 Å². The Balaban J connectivity index is 1.54. The number of amides is 1. The molecular weight excluding hydrogens is 394 g/mol. The zero-order valence-electron chi connectivity index (χ0n) is 16.9. The van der Waals surface area contributed by atoms with Crippen LogP contribution in [0.1, 0.15) is 32.7 Å². The highest BCUT2D eigenvalue weighted by Gasteiger charge is 2.20. The van der Waals surface area contributed by atoms with Crippen LogP contribution in [0.15, 0.2) is 78.2 Å². The van der Waals surface area contributed by atoms with Crippen molar-refractivity contribution in [1.82, 2.24) is 15.1 Å². The van der Waals surface area contributed by atoms with Gasteiger partial charge in [0.2, 0.25) is 0 Å². The molecule has 30 heavy (non-hydrogen) atoms. The van der Waals surface area contributed by atoms with Gasteiger partial charge >= 0.3 is 0 Å². The van der Waals surface area contributed by atoms with E-state index in [0.29, 0.717) is 23.6 Å². The van der Waals surface area contributed by atoms with Gasteiger partial charge in [0, 0.05) is 17.1 Å². The molecule has 2 aromatic carbocycles. The second-order valence-corrected chi connectivity index (χ2v) is 8.00. The summed E-state index contributed by atoms with van der Waals surface area (Å²) in [6, 6.07) is 22.8. The fourth-order valence-corrected chi connectivity index (χ4v) is 4.21. The average molecular weight is 418 g/mol. The third kappa shape index (κ3) is 4.44. The van der Waals surface area contributed by atoms with Crippen molar-refractivity contribution >= 4 is 17.2 Å². The number of nitrogens with one attached hydrogen (secondary N) is 1. The fraction of sp³-hybridized carbons (Fsp3) is 0.167. The van der Waals surface area contributed by atoms with Crippen LogP contribution in [-0.2, 0) is 0 Å². The van der Waals surface area contributed by atoms with E-state index in [1.54, 1.807) is 23.5 Å². The normalized spacial score (nSPS) is 11.8. The molecule has 6 heteroatoms. The van der Waals surface area contributed by atoms with Crippen LogP contribution in [0.2, 0.25) is 0 Å². The van der Waals surface area contributed by atoms with Crippen molar-refractivity contribution in [3.8, 4) is 11.5 Å². The Kier molecular flexibility index (Phi) is 5.95. The van der Waals surface area contributed by atoms with Gasteiger partial charge in [-0.1, -0.05) is 36.4 Å². The van der Waals surface area contributed by atoms with Crippen LogP contribution < -0.4 is 10.1 Å². The van der Waals surface area contributed by atoms with Crippen LogP contribution >= 0.6 is 11.3 Å². The molecule has 0 fully saturated rings. The number of nitrogens with zero attached hydrogens (tertiary/aromatic N) is 2. The summed E-state index contributed by atoms with van der Waals surface area (Å²) in [6.07, 6.45) is 0. The second-order valence-electron chi connectivity index (χ2n) is 7.02. The van der Waals surface area contributed by atoms with Gasteiger partial charge in [-0.25, -0.2) is 0 Å². The van der Waals surface area contributed by atoms with Crippen molar-refractivity contribution in [2.45, 2.75) is 19.9 Å². The minimum absolute atomic E-state index is 0.0650. The highest BCUT2D eigenvalue weighted by molar-refractivity contribution is 7.10. The first-order valence-electron chi connectivity index (χ1n) is 9.78. The van der Waals surface area contributed by atoms with Crippen molar-refractivity contribution in [2.75, 3.05) is 6.54 Å². The molecule has 0 aliphatic carbocycles. The maximum atomic E-state index is 13.0.